The Morgan fingerprint density at radius 1 is 1.50 bits per heavy atom. The van der Waals surface area contributed by atoms with Gasteiger partial charge in [0.15, 0.2) is 10.9 Å². The highest BCUT2D eigenvalue weighted by molar-refractivity contribution is 8.14. The molecule has 0 bridgehead atoms. The molecule has 0 fully saturated rings. The average molecular weight is 290 g/mol. The zero-order chi connectivity index (χ0) is 14.1. The van der Waals surface area contributed by atoms with Crippen LogP contribution in [0.1, 0.15) is 16.1 Å². The first-order valence-corrected chi connectivity index (χ1v) is 7.23. The van der Waals surface area contributed by atoms with E-state index in [0.717, 1.165) is 29.0 Å². The van der Waals surface area contributed by atoms with Crippen molar-refractivity contribution < 1.29 is 13.9 Å². The number of aliphatic imine (C=N–C) groups is 1. The highest BCUT2D eigenvalue weighted by Crippen LogP contribution is 2.28. The van der Waals surface area contributed by atoms with E-state index in [1.54, 1.807) is 24.9 Å². The molecule has 0 spiro atoms. The highest BCUT2D eigenvalue weighted by Gasteiger charge is 2.20. The van der Waals surface area contributed by atoms with Crippen LogP contribution in [0.4, 0.5) is 0 Å². The second kappa shape index (κ2) is 5.20. The summed E-state index contributed by atoms with van der Waals surface area (Å²) in [5.74, 6) is 1.71. The van der Waals surface area contributed by atoms with E-state index in [1.807, 2.05) is 19.1 Å². The van der Waals surface area contributed by atoms with Gasteiger partial charge in [0.05, 0.1) is 13.7 Å². The lowest BCUT2D eigenvalue weighted by Crippen LogP contribution is -2.27. The topological polar surface area (TPSA) is 63.8 Å². The standard InChI is InChI=1S/C14H14N2O3S/c1-8-10-7-9(18-2)3-4-11(10)19-12(8)13(17)16-14-15-5-6-20-14/h3-4,7H,5-6H2,1-2H3,(H,15,16,17). The summed E-state index contributed by atoms with van der Waals surface area (Å²) in [7, 11) is 1.61. The molecular formula is C14H14N2O3S. The van der Waals surface area contributed by atoms with E-state index in [2.05, 4.69) is 10.3 Å². The Morgan fingerprint density at radius 2 is 2.35 bits per heavy atom. The predicted octanol–water partition coefficient (Wildman–Crippen LogP) is 2.58. The minimum atomic E-state index is -0.259. The van der Waals surface area contributed by atoms with Crippen molar-refractivity contribution in [3.63, 3.8) is 0 Å². The fourth-order valence-electron chi connectivity index (χ4n) is 2.11. The van der Waals surface area contributed by atoms with Crippen LogP contribution in [0.5, 0.6) is 5.75 Å². The molecule has 2 heterocycles. The molecule has 1 amide bonds. The van der Waals surface area contributed by atoms with Gasteiger partial charge < -0.3 is 9.15 Å². The number of amides is 1. The molecule has 6 heteroatoms. The number of aryl methyl sites for hydroxylation is 1. The van der Waals surface area contributed by atoms with E-state index >= 15 is 0 Å². The maximum absolute atomic E-state index is 12.2. The number of hydrogen-bond acceptors (Lipinski definition) is 5. The van der Waals surface area contributed by atoms with Gasteiger partial charge in [-0.2, -0.15) is 0 Å². The van der Waals surface area contributed by atoms with E-state index in [1.165, 1.54) is 0 Å². The van der Waals surface area contributed by atoms with Gasteiger partial charge in [-0.3, -0.25) is 15.1 Å². The van der Waals surface area contributed by atoms with Gasteiger partial charge in [-0.15, -0.1) is 0 Å². The number of hydrogen-bond donors (Lipinski definition) is 1. The molecule has 5 nitrogen and oxygen atoms in total. The van der Waals surface area contributed by atoms with Crippen molar-refractivity contribution in [3.05, 3.63) is 29.5 Å². The van der Waals surface area contributed by atoms with Crippen LogP contribution in [0.25, 0.3) is 11.0 Å². The van der Waals surface area contributed by atoms with Crippen LogP contribution in [-0.4, -0.2) is 30.5 Å². The summed E-state index contributed by atoms with van der Waals surface area (Å²) in [6, 6.07) is 5.48. The maximum atomic E-state index is 12.2. The third kappa shape index (κ3) is 2.27. The van der Waals surface area contributed by atoms with Gasteiger partial charge in [-0.25, -0.2) is 0 Å². The van der Waals surface area contributed by atoms with Crippen molar-refractivity contribution in [2.45, 2.75) is 6.92 Å². The van der Waals surface area contributed by atoms with Crippen molar-refractivity contribution in [1.82, 2.24) is 5.32 Å². The highest BCUT2D eigenvalue weighted by atomic mass is 32.2. The van der Waals surface area contributed by atoms with E-state index in [4.69, 9.17) is 9.15 Å². The largest absolute Gasteiger partial charge is 0.497 e. The lowest BCUT2D eigenvalue weighted by molar-refractivity contribution is 0.0952. The van der Waals surface area contributed by atoms with Gasteiger partial charge in [-0.05, 0) is 25.1 Å². The summed E-state index contributed by atoms with van der Waals surface area (Å²) in [5.41, 5.74) is 1.48. The molecule has 104 valence electrons. The Balaban J connectivity index is 1.94. The fourth-order valence-corrected chi connectivity index (χ4v) is 2.83. The number of furan rings is 1. The van der Waals surface area contributed by atoms with Gasteiger partial charge in [0.25, 0.3) is 5.91 Å². The molecule has 20 heavy (non-hydrogen) atoms. The number of carbonyl (C=O) groups is 1. The number of benzene rings is 1. The number of carbonyl (C=O) groups excluding carboxylic acids is 1. The maximum Gasteiger partial charge on any atom is 0.293 e. The first-order chi connectivity index (χ1) is 9.69. The van der Waals surface area contributed by atoms with Crippen LogP contribution in [0.3, 0.4) is 0 Å². The second-order valence-corrected chi connectivity index (χ2v) is 5.49. The van der Waals surface area contributed by atoms with E-state index in [-0.39, 0.29) is 5.91 Å². The first kappa shape index (κ1) is 13.1. The van der Waals surface area contributed by atoms with Crippen LogP contribution >= 0.6 is 11.8 Å². The van der Waals surface area contributed by atoms with Crippen molar-refractivity contribution in [2.75, 3.05) is 19.4 Å². The normalized spacial score (nSPS) is 14.4. The summed E-state index contributed by atoms with van der Waals surface area (Å²) < 4.78 is 10.8. The molecule has 0 aliphatic carbocycles. The van der Waals surface area contributed by atoms with E-state index in [0.29, 0.717) is 16.5 Å². The summed E-state index contributed by atoms with van der Waals surface area (Å²) in [4.78, 5) is 16.4. The number of rotatable bonds is 2. The van der Waals surface area contributed by atoms with Crippen molar-refractivity contribution in [2.24, 2.45) is 4.99 Å². The zero-order valence-corrected chi connectivity index (χ0v) is 12.0. The molecule has 0 radical (unpaired) electrons. The third-order valence-electron chi connectivity index (χ3n) is 3.16. The smallest absolute Gasteiger partial charge is 0.293 e. The van der Waals surface area contributed by atoms with Crippen LogP contribution < -0.4 is 10.1 Å². The van der Waals surface area contributed by atoms with Crippen LogP contribution in [0.2, 0.25) is 0 Å². The minimum Gasteiger partial charge on any atom is -0.497 e. The molecule has 0 atom stereocenters. The number of nitrogens with one attached hydrogen (secondary N) is 1. The van der Waals surface area contributed by atoms with Crippen LogP contribution in [-0.2, 0) is 0 Å². The molecule has 1 aromatic heterocycles. The average Bonchev–Trinajstić information content (AvgIpc) is 3.07. The molecule has 2 aromatic rings. The van der Waals surface area contributed by atoms with Crippen LogP contribution in [0.15, 0.2) is 27.6 Å². The van der Waals surface area contributed by atoms with Gasteiger partial charge in [0, 0.05) is 16.7 Å². The Labute approximate surface area is 120 Å². The second-order valence-electron chi connectivity index (χ2n) is 4.41. The molecule has 3 rings (SSSR count). The van der Waals surface area contributed by atoms with Gasteiger partial charge in [-0.1, -0.05) is 11.8 Å². The van der Waals surface area contributed by atoms with Crippen LogP contribution in [0, 0.1) is 6.92 Å². The Hall–Kier alpha value is -1.95. The van der Waals surface area contributed by atoms with Gasteiger partial charge >= 0.3 is 0 Å². The summed E-state index contributed by atoms with van der Waals surface area (Å²) in [6.45, 7) is 2.61. The molecule has 0 saturated carbocycles. The summed E-state index contributed by atoms with van der Waals surface area (Å²) in [6.07, 6.45) is 0. The van der Waals surface area contributed by atoms with E-state index in [9.17, 15) is 4.79 Å². The summed E-state index contributed by atoms with van der Waals surface area (Å²) in [5, 5.41) is 4.32. The van der Waals surface area contributed by atoms with Gasteiger partial charge in [0.1, 0.15) is 11.3 Å². The fraction of sp³-hybridized carbons (Fsp3) is 0.286. The van der Waals surface area contributed by atoms with Crippen molar-refractivity contribution in [1.29, 1.82) is 0 Å². The molecular weight excluding hydrogens is 276 g/mol. The third-order valence-corrected chi connectivity index (χ3v) is 4.05. The Kier molecular flexibility index (Phi) is 3.40. The lowest BCUT2D eigenvalue weighted by atomic mass is 10.1. The number of methoxy groups -OCH3 is 1. The minimum absolute atomic E-state index is 0.259. The van der Waals surface area contributed by atoms with Gasteiger partial charge in [0.2, 0.25) is 0 Å². The molecule has 1 aliphatic rings. The molecule has 0 unspecified atom stereocenters. The molecule has 1 aliphatic heterocycles. The predicted molar refractivity (Wildman–Crippen MR) is 79.7 cm³/mol. The number of ether oxygens (including phenoxy) is 1. The van der Waals surface area contributed by atoms with Crippen molar-refractivity contribution >= 4 is 33.8 Å². The number of amidine groups is 1. The number of fused-ring (bicyclic) bond motifs is 1. The Morgan fingerprint density at radius 3 is 3.05 bits per heavy atom. The SMILES string of the molecule is COc1ccc2oc(C(=O)NC3=NCCS3)c(C)c2c1. The monoisotopic (exact) mass is 290 g/mol. The number of thioether (sulfide) groups is 1. The zero-order valence-electron chi connectivity index (χ0n) is 11.2. The molecule has 1 N–H and O–H groups in total. The summed E-state index contributed by atoms with van der Waals surface area (Å²) >= 11 is 1.54. The Bertz CT molecular complexity index is 706. The van der Waals surface area contributed by atoms with Crippen molar-refractivity contribution in [3.8, 4) is 5.75 Å². The molecule has 0 saturated heterocycles. The first-order valence-electron chi connectivity index (χ1n) is 6.25. The number of nitrogens with zero attached hydrogens (tertiary/aromatic N) is 1. The van der Waals surface area contributed by atoms with E-state index < -0.39 is 0 Å². The quantitative estimate of drug-likeness (QED) is 0.923. The molecule has 1 aromatic carbocycles. The lowest BCUT2D eigenvalue weighted by Gasteiger charge is -2.01.